The van der Waals surface area contributed by atoms with Crippen molar-refractivity contribution in [3.05, 3.63) is 0 Å². The number of hydrogen-bond donors (Lipinski definition) is 1. The lowest BCUT2D eigenvalue weighted by Gasteiger charge is -2.37. The highest BCUT2D eigenvalue weighted by molar-refractivity contribution is 7.85. The van der Waals surface area contributed by atoms with Gasteiger partial charge >= 0.3 is 35.9 Å². The fourth-order valence-corrected chi connectivity index (χ4v) is 5.53. The maximum Gasteiger partial charge on any atom is 0.438 e. The Bertz CT molecular complexity index is 897. The minimum atomic E-state index is -6.50. The first-order valence-corrected chi connectivity index (χ1v) is 10.2. The summed E-state index contributed by atoms with van der Waals surface area (Å²) in [7, 11) is -5.95. The van der Waals surface area contributed by atoms with Crippen molar-refractivity contribution < 1.29 is 67.9 Å². The molecule has 3 fully saturated rings. The molecule has 1 saturated heterocycles. The van der Waals surface area contributed by atoms with Crippen LogP contribution in [0.3, 0.4) is 0 Å². The van der Waals surface area contributed by atoms with Crippen LogP contribution in [-0.4, -0.2) is 66.8 Å². The van der Waals surface area contributed by atoms with Gasteiger partial charge in [-0.15, -0.1) is 0 Å². The number of esters is 3. The third-order valence-corrected chi connectivity index (χ3v) is 6.47. The summed E-state index contributed by atoms with van der Waals surface area (Å²) in [6.45, 7) is 0.956. The molecule has 0 aromatic carbocycles. The SMILES string of the molecule is CC(=O)OC1C2OC(=O)C3C2C[C@@H]1C3C(=O)OC(CS(=O)(=O)O)(C(F)(F)F)C(F)(F)F. The quantitative estimate of drug-likeness (QED) is 0.263. The molecule has 0 aromatic heterocycles. The first-order chi connectivity index (χ1) is 13.9. The summed E-state index contributed by atoms with van der Waals surface area (Å²) in [6, 6.07) is 0. The molecular weight excluding hydrogens is 470 g/mol. The molecule has 16 heteroatoms. The second-order valence-electron chi connectivity index (χ2n) is 7.56. The number of fused-ring (bicyclic) bond motifs is 1. The highest BCUT2D eigenvalue weighted by atomic mass is 32.2. The van der Waals surface area contributed by atoms with E-state index in [9.17, 15) is 49.1 Å². The van der Waals surface area contributed by atoms with E-state index in [0.29, 0.717) is 0 Å². The van der Waals surface area contributed by atoms with Crippen LogP contribution < -0.4 is 0 Å². The van der Waals surface area contributed by atoms with Crippen LogP contribution in [0.25, 0.3) is 0 Å². The molecule has 1 aliphatic heterocycles. The van der Waals surface area contributed by atoms with E-state index in [4.69, 9.17) is 14.0 Å². The fraction of sp³-hybridized carbons (Fsp3) is 0.800. The molecule has 3 aliphatic rings. The number of halogens is 6. The Balaban J connectivity index is 2.00. The van der Waals surface area contributed by atoms with Gasteiger partial charge in [-0.25, -0.2) is 0 Å². The summed E-state index contributed by atoms with van der Waals surface area (Å²) in [5, 5.41) is 0. The average molecular weight is 484 g/mol. The normalized spacial score (nSPS) is 32.7. The summed E-state index contributed by atoms with van der Waals surface area (Å²) in [5.74, 6) is -12.6. The molecule has 0 radical (unpaired) electrons. The van der Waals surface area contributed by atoms with E-state index in [0.717, 1.165) is 6.92 Å². The second kappa shape index (κ2) is 6.95. The third-order valence-electron chi connectivity index (χ3n) is 5.70. The minimum absolute atomic E-state index is 0.0812. The summed E-state index contributed by atoms with van der Waals surface area (Å²) >= 11 is 0. The predicted octanol–water partition coefficient (Wildman–Crippen LogP) is 1.02. The van der Waals surface area contributed by atoms with E-state index < -0.39 is 87.6 Å². The van der Waals surface area contributed by atoms with E-state index in [1.165, 1.54) is 0 Å². The number of ether oxygens (including phenoxy) is 3. The number of rotatable bonds is 5. The molecule has 6 atom stereocenters. The summed E-state index contributed by atoms with van der Waals surface area (Å²) in [6.07, 6.45) is -15.4. The lowest BCUT2D eigenvalue weighted by molar-refractivity contribution is -0.362. The maximum atomic E-state index is 13.4. The van der Waals surface area contributed by atoms with Crippen molar-refractivity contribution in [2.75, 3.05) is 5.75 Å². The van der Waals surface area contributed by atoms with Gasteiger partial charge in [-0.3, -0.25) is 18.9 Å². The molecule has 1 heterocycles. The molecular formula is C15H14F6O9S. The molecule has 2 aliphatic carbocycles. The first kappa shape index (κ1) is 23.6. The zero-order valence-electron chi connectivity index (χ0n) is 15.3. The number of alkyl halides is 6. The van der Waals surface area contributed by atoms with Gasteiger partial charge in [0, 0.05) is 18.8 Å². The van der Waals surface area contributed by atoms with Gasteiger partial charge < -0.3 is 14.2 Å². The standard InChI is InChI=1S/C15H14F6O9S/c1-4(22)28-9-6-2-5-7(11(23)29-10(5)9)8(6)12(24)30-13(14(16,17)18,15(19,20)21)3-31(25,26)27/h5-10H,2-3H2,1H3,(H,25,26,27)/t5?,6-,7?,8?,9?,10?/m1/s1. The molecule has 0 aromatic rings. The molecule has 31 heavy (non-hydrogen) atoms. The number of hydrogen-bond acceptors (Lipinski definition) is 8. The van der Waals surface area contributed by atoms with Crippen molar-refractivity contribution in [3.8, 4) is 0 Å². The number of carbonyl (C=O) groups excluding carboxylic acids is 3. The molecule has 0 spiro atoms. The van der Waals surface area contributed by atoms with Crippen LogP contribution in [0.5, 0.6) is 0 Å². The number of carbonyl (C=O) groups is 3. The third kappa shape index (κ3) is 3.72. The molecule has 1 N–H and O–H groups in total. The van der Waals surface area contributed by atoms with Crippen molar-refractivity contribution >= 4 is 28.0 Å². The lowest BCUT2D eigenvalue weighted by atomic mass is 9.78. The molecule has 176 valence electrons. The van der Waals surface area contributed by atoms with Gasteiger partial charge in [-0.05, 0) is 6.42 Å². The molecule has 3 rings (SSSR count). The van der Waals surface area contributed by atoms with Gasteiger partial charge in [0.15, 0.2) is 0 Å². The summed E-state index contributed by atoms with van der Waals surface area (Å²) in [5.41, 5.74) is -5.59. The molecule has 2 bridgehead atoms. The Hall–Kier alpha value is -2.10. The van der Waals surface area contributed by atoms with Crippen LogP contribution in [0, 0.1) is 23.7 Å². The van der Waals surface area contributed by atoms with E-state index in [2.05, 4.69) is 4.74 Å². The monoisotopic (exact) mass is 484 g/mol. The van der Waals surface area contributed by atoms with Gasteiger partial charge in [0.05, 0.1) is 11.8 Å². The molecule has 5 unspecified atom stereocenters. The van der Waals surface area contributed by atoms with E-state index in [1.54, 1.807) is 0 Å². The zero-order valence-corrected chi connectivity index (χ0v) is 16.1. The topological polar surface area (TPSA) is 133 Å². The van der Waals surface area contributed by atoms with Crippen molar-refractivity contribution in [1.82, 2.24) is 0 Å². The Morgan fingerprint density at radius 2 is 1.68 bits per heavy atom. The van der Waals surface area contributed by atoms with Gasteiger partial charge in [-0.1, -0.05) is 0 Å². The van der Waals surface area contributed by atoms with Crippen LogP contribution in [0.1, 0.15) is 13.3 Å². The van der Waals surface area contributed by atoms with Crippen LogP contribution in [0.4, 0.5) is 26.3 Å². The van der Waals surface area contributed by atoms with Crippen LogP contribution in [0.15, 0.2) is 0 Å². The largest absolute Gasteiger partial charge is 0.458 e. The van der Waals surface area contributed by atoms with Gasteiger partial charge in [-0.2, -0.15) is 34.8 Å². The van der Waals surface area contributed by atoms with Gasteiger partial charge in [0.25, 0.3) is 10.1 Å². The van der Waals surface area contributed by atoms with Crippen molar-refractivity contribution in [3.63, 3.8) is 0 Å². The average Bonchev–Trinajstić information content (AvgIpc) is 3.13. The van der Waals surface area contributed by atoms with E-state index >= 15 is 0 Å². The fourth-order valence-electron chi connectivity index (χ4n) is 4.63. The molecule has 2 saturated carbocycles. The van der Waals surface area contributed by atoms with Gasteiger partial charge in [0.2, 0.25) is 0 Å². The van der Waals surface area contributed by atoms with E-state index in [1.807, 2.05) is 0 Å². The van der Waals surface area contributed by atoms with Crippen LogP contribution >= 0.6 is 0 Å². The lowest BCUT2D eigenvalue weighted by Crippen LogP contribution is -2.64. The maximum absolute atomic E-state index is 13.4. The van der Waals surface area contributed by atoms with Crippen LogP contribution in [0.2, 0.25) is 0 Å². The summed E-state index contributed by atoms with van der Waals surface area (Å²) in [4.78, 5) is 35.9. The van der Waals surface area contributed by atoms with Crippen LogP contribution in [-0.2, 0) is 38.7 Å². The first-order valence-electron chi connectivity index (χ1n) is 8.59. The highest BCUT2D eigenvalue weighted by Crippen LogP contribution is 2.59. The van der Waals surface area contributed by atoms with Gasteiger partial charge in [0.1, 0.15) is 18.0 Å². The predicted molar refractivity (Wildman–Crippen MR) is 81.4 cm³/mol. The zero-order chi connectivity index (χ0) is 23.7. The Kier molecular flexibility index (Phi) is 5.28. The Morgan fingerprint density at radius 1 is 1.13 bits per heavy atom. The van der Waals surface area contributed by atoms with Crippen molar-refractivity contribution in [1.29, 1.82) is 0 Å². The highest BCUT2D eigenvalue weighted by Gasteiger charge is 2.77. The Morgan fingerprint density at radius 3 is 2.13 bits per heavy atom. The van der Waals surface area contributed by atoms with E-state index in [-0.39, 0.29) is 6.42 Å². The minimum Gasteiger partial charge on any atom is -0.458 e. The van der Waals surface area contributed by atoms with Crippen molar-refractivity contribution in [2.45, 2.75) is 43.5 Å². The molecule has 0 amide bonds. The second-order valence-corrected chi connectivity index (χ2v) is 9.01. The smallest absolute Gasteiger partial charge is 0.438 e. The summed E-state index contributed by atoms with van der Waals surface area (Å²) < 4.78 is 125. The Labute approximate surface area is 169 Å². The molecule has 9 nitrogen and oxygen atoms in total. The van der Waals surface area contributed by atoms with Crippen molar-refractivity contribution in [2.24, 2.45) is 23.7 Å².